The van der Waals surface area contributed by atoms with Gasteiger partial charge >= 0.3 is 0 Å². The van der Waals surface area contributed by atoms with Crippen LogP contribution >= 0.6 is 0 Å². The van der Waals surface area contributed by atoms with Gasteiger partial charge in [0.2, 0.25) is 11.8 Å². The van der Waals surface area contributed by atoms with Crippen molar-refractivity contribution >= 4 is 11.8 Å². The fourth-order valence-electron chi connectivity index (χ4n) is 5.38. The third kappa shape index (κ3) is 3.49. The zero-order chi connectivity index (χ0) is 22.2. The summed E-state index contributed by atoms with van der Waals surface area (Å²) in [6, 6.07) is 5.98. The maximum atomic E-state index is 13.2. The van der Waals surface area contributed by atoms with Gasteiger partial charge in [-0.1, -0.05) is 12.8 Å². The van der Waals surface area contributed by atoms with Gasteiger partial charge in [-0.05, 0) is 37.5 Å². The molecule has 2 atom stereocenters. The molecule has 0 radical (unpaired) electrons. The molecule has 1 saturated carbocycles. The van der Waals surface area contributed by atoms with Crippen molar-refractivity contribution < 1.29 is 19.1 Å². The Labute approximate surface area is 187 Å². The van der Waals surface area contributed by atoms with Crippen molar-refractivity contribution in [2.45, 2.75) is 57.2 Å². The summed E-state index contributed by atoms with van der Waals surface area (Å²) >= 11 is 0. The van der Waals surface area contributed by atoms with Crippen molar-refractivity contribution in [3.05, 3.63) is 24.0 Å². The Morgan fingerprint density at radius 1 is 1.06 bits per heavy atom. The Bertz CT molecular complexity index is 1040. The van der Waals surface area contributed by atoms with E-state index < -0.39 is 0 Å². The summed E-state index contributed by atoms with van der Waals surface area (Å²) in [4.78, 5) is 28.9. The number of hydrogen-bond donors (Lipinski definition) is 0. The first-order valence-corrected chi connectivity index (χ1v) is 11.3. The molecule has 1 aromatic carbocycles. The predicted octanol–water partition coefficient (Wildman–Crippen LogP) is 2.41. The molecule has 2 fully saturated rings. The number of carbonyl (C=O) groups excluding carboxylic acids is 2. The van der Waals surface area contributed by atoms with E-state index in [-0.39, 0.29) is 30.4 Å². The van der Waals surface area contributed by atoms with Crippen LogP contribution in [0.15, 0.2) is 18.2 Å². The Kier molecular flexibility index (Phi) is 5.48. The second-order valence-corrected chi connectivity index (χ2v) is 8.74. The second-order valence-electron chi connectivity index (χ2n) is 8.74. The first kappa shape index (κ1) is 20.8. The molecule has 0 bridgehead atoms. The molecule has 3 aliphatic rings. The van der Waals surface area contributed by atoms with Gasteiger partial charge in [0.05, 0.1) is 39.4 Å². The molecule has 170 valence electrons. The average Bonchev–Trinajstić information content (AvgIpc) is 3.44. The van der Waals surface area contributed by atoms with Gasteiger partial charge in [-0.2, -0.15) is 0 Å². The first-order valence-electron chi connectivity index (χ1n) is 11.3. The van der Waals surface area contributed by atoms with E-state index in [1.807, 2.05) is 23.1 Å². The molecular weight excluding hydrogens is 410 g/mol. The minimum atomic E-state index is 0.0130. The van der Waals surface area contributed by atoms with Crippen molar-refractivity contribution in [3.8, 4) is 22.9 Å². The van der Waals surface area contributed by atoms with E-state index in [0.29, 0.717) is 31.0 Å². The third-order valence-electron chi connectivity index (χ3n) is 6.96. The average molecular weight is 440 g/mol. The SMILES string of the molecule is COc1ccc(-c2nnc3n2C2CCCCC2N(C(=O)CN2CCCC2=O)C3)cc1OC. The van der Waals surface area contributed by atoms with E-state index in [2.05, 4.69) is 14.8 Å². The second kappa shape index (κ2) is 8.44. The monoisotopic (exact) mass is 439 g/mol. The largest absolute Gasteiger partial charge is 0.493 e. The van der Waals surface area contributed by atoms with Crippen LogP contribution in [0.1, 0.15) is 50.4 Å². The van der Waals surface area contributed by atoms with Crippen molar-refractivity contribution in [1.29, 1.82) is 0 Å². The fourth-order valence-corrected chi connectivity index (χ4v) is 5.38. The summed E-state index contributed by atoms with van der Waals surface area (Å²) in [6.45, 7) is 1.26. The van der Waals surface area contributed by atoms with E-state index >= 15 is 0 Å². The van der Waals surface area contributed by atoms with E-state index in [9.17, 15) is 9.59 Å². The number of benzene rings is 1. The minimum absolute atomic E-state index is 0.0130. The van der Waals surface area contributed by atoms with Crippen molar-refractivity contribution in [2.24, 2.45) is 0 Å². The highest BCUT2D eigenvalue weighted by Gasteiger charge is 2.41. The molecule has 1 saturated heterocycles. The predicted molar refractivity (Wildman–Crippen MR) is 116 cm³/mol. The number of hydrogen-bond acceptors (Lipinski definition) is 6. The highest BCUT2D eigenvalue weighted by molar-refractivity contribution is 5.86. The van der Waals surface area contributed by atoms with Gasteiger partial charge in [0, 0.05) is 18.5 Å². The molecule has 3 heterocycles. The number of nitrogens with zero attached hydrogens (tertiary/aromatic N) is 5. The highest BCUT2D eigenvalue weighted by atomic mass is 16.5. The Hall–Kier alpha value is -3.10. The van der Waals surface area contributed by atoms with Gasteiger partial charge in [0.15, 0.2) is 23.1 Å². The fraction of sp³-hybridized carbons (Fsp3) is 0.565. The molecule has 0 spiro atoms. The molecule has 5 rings (SSSR count). The maximum Gasteiger partial charge on any atom is 0.242 e. The number of amides is 2. The first-order chi connectivity index (χ1) is 15.6. The third-order valence-corrected chi connectivity index (χ3v) is 6.96. The van der Waals surface area contributed by atoms with Gasteiger partial charge in [-0.15, -0.1) is 10.2 Å². The quantitative estimate of drug-likeness (QED) is 0.711. The van der Waals surface area contributed by atoms with E-state index in [1.165, 1.54) is 0 Å². The lowest BCUT2D eigenvalue weighted by Crippen LogP contribution is -2.53. The number of ether oxygens (including phenoxy) is 2. The van der Waals surface area contributed by atoms with Gasteiger partial charge < -0.3 is 23.8 Å². The summed E-state index contributed by atoms with van der Waals surface area (Å²) in [5.41, 5.74) is 0.910. The van der Waals surface area contributed by atoms with Crippen LogP contribution in [-0.4, -0.2) is 69.7 Å². The highest BCUT2D eigenvalue weighted by Crippen LogP contribution is 2.41. The Balaban J connectivity index is 1.47. The molecule has 32 heavy (non-hydrogen) atoms. The zero-order valence-corrected chi connectivity index (χ0v) is 18.6. The van der Waals surface area contributed by atoms with Crippen LogP contribution in [0.5, 0.6) is 11.5 Å². The summed E-state index contributed by atoms with van der Waals surface area (Å²) < 4.78 is 13.1. The molecule has 2 aliphatic heterocycles. The van der Waals surface area contributed by atoms with Crippen LogP contribution in [-0.2, 0) is 16.1 Å². The summed E-state index contributed by atoms with van der Waals surface area (Å²) in [5.74, 6) is 2.98. The molecule has 1 aliphatic carbocycles. The molecular formula is C23H29N5O4. The number of carbonyl (C=O) groups is 2. The lowest BCUT2D eigenvalue weighted by molar-refractivity contribution is -0.142. The van der Waals surface area contributed by atoms with E-state index in [0.717, 1.165) is 49.3 Å². The van der Waals surface area contributed by atoms with E-state index in [1.54, 1.807) is 19.1 Å². The van der Waals surface area contributed by atoms with Crippen LogP contribution in [0.3, 0.4) is 0 Å². The maximum absolute atomic E-state index is 13.2. The van der Waals surface area contributed by atoms with Gasteiger partial charge in [-0.25, -0.2) is 0 Å². The number of fused-ring (bicyclic) bond motifs is 3. The lowest BCUT2D eigenvalue weighted by Gasteiger charge is -2.45. The molecule has 2 unspecified atom stereocenters. The number of aromatic nitrogens is 3. The number of rotatable bonds is 5. The molecule has 0 N–H and O–H groups in total. The van der Waals surface area contributed by atoms with Gasteiger partial charge in [-0.3, -0.25) is 9.59 Å². The zero-order valence-electron chi connectivity index (χ0n) is 18.6. The van der Waals surface area contributed by atoms with E-state index in [4.69, 9.17) is 9.47 Å². The normalized spacial score (nSPS) is 22.5. The molecule has 2 amide bonds. The lowest BCUT2D eigenvalue weighted by atomic mass is 9.87. The molecule has 9 heteroatoms. The van der Waals surface area contributed by atoms with Gasteiger partial charge in [0.1, 0.15) is 0 Å². The minimum Gasteiger partial charge on any atom is -0.493 e. The van der Waals surface area contributed by atoms with Crippen LogP contribution in [0.2, 0.25) is 0 Å². The van der Waals surface area contributed by atoms with Crippen LogP contribution < -0.4 is 9.47 Å². The van der Waals surface area contributed by atoms with Crippen molar-refractivity contribution in [1.82, 2.24) is 24.6 Å². The van der Waals surface area contributed by atoms with Crippen molar-refractivity contribution in [3.63, 3.8) is 0 Å². The molecule has 2 aromatic rings. The van der Waals surface area contributed by atoms with Crippen molar-refractivity contribution in [2.75, 3.05) is 27.3 Å². The topological polar surface area (TPSA) is 89.8 Å². The smallest absolute Gasteiger partial charge is 0.242 e. The van der Waals surface area contributed by atoms with Gasteiger partial charge in [0.25, 0.3) is 0 Å². The molecule has 1 aromatic heterocycles. The summed E-state index contributed by atoms with van der Waals surface area (Å²) in [7, 11) is 3.23. The number of methoxy groups -OCH3 is 2. The number of likely N-dealkylation sites (tertiary alicyclic amines) is 1. The van der Waals surface area contributed by atoms with Crippen LogP contribution in [0, 0.1) is 0 Å². The summed E-state index contributed by atoms with van der Waals surface area (Å²) in [5, 5.41) is 8.98. The standard InChI is InChI=1S/C23H29N5O4/c1-31-18-10-9-15(12-19(18)32-2)23-25-24-20-13-27(16-6-3-4-7-17(16)28(20)23)22(30)14-26-11-5-8-21(26)29/h9-10,12,16-17H,3-8,11,13-14H2,1-2H3. The Morgan fingerprint density at radius 3 is 2.56 bits per heavy atom. The van der Waals surface area contributed by atoms with Crippen LogP contribution in [0.4, 0.5) is 0 Å². The van der Waals surface area contributed by atoms with Crippen LogP contribution in [0.25, 0.3) is 11.4 Å². The summed E-state index contributed by atoms with van der Waals surface area (Å²) in [6.07, 6.45) is 5.51. The Morgan fingerprint density at radius 2 is 1.84 bits per heavy atom. The molecule has 9 nitrogen and oxygen atoms in total.